The maximum Gasteiger partial charge on any atom is 0.573 e. The van der Waals surface area contributed by atoms with E-state index < -0.39 is 29.8 Å². The molecule has 2 aromatic rings. The van der Waals surface area contributed by atoms with Gasteiger partial charge in [-0.15, -0.1) is 13.2 Å². The molecule has 8 nitrogen and oxygen atoms in total. The van der Waals surface area contributed by atoms with Crippen LogP contribution in [-0.2, 0) is 14.3 Å². The minimum absolute atomic E-state index is 0.154. The summed E-state index contributed by atoms with van der Waals surface area (Å²) in [4.78, 5) is 28.7. The predicted octanol–water partition coefficient (Wildman–Crippen LogP) is 5.25. The van der Waals surface area contributed by atoms with Crippen molar-refractivity contribution in [3.05, 3.63) is 65.2 Å². The third kappa shape index (κ3) is 8.41. The molecule has 0 aliphatic carbocycles. The molecule has 0 spiro atoms. The van der Waals surface area contributed by atoms with Crippen LogP contribution in [0, 0.1) is 11.6 Å². The van der Waals surface area contributed by atoms with E-state index in [1.165, 1.54) is 31.3 Å². The SMILES string of the molecule is CC/C=C(/OC(=NC)NC1CN(c2cc(F)c(C(CCC)C(=O)NC=O)c(F)c2)C1)c1ccc(OC(F)(F)F)cc1. The van der Waals surface area contributed by atoms with Crippen molar-refractivity contribution in [2.75, 3.05) is 25.0 Å². The highest BCUT2D eigenvalue weighted by Crippen LogP contribution is 2.32. The van der Waals surface area contributed by atoms with Crippen LogP contribution in [0.3, 0.4) is 0 Å². The average molecular weight is 583 g/mol. The zero-order valence-corrected chi connectivity index (χ0v) is 22.7. The lowest BCUT2D eigenvalue weighted by atomic mass is 9.92. The summed E-state index contributed by atoms with van der Waals surface area (Å²) in [5.41, 5.74) is 0.414. The van der Waals surface area contributed by atoms with Crippen molar-refractivity contribution >= 4 is 29.8 Å². The molecule has 0 bridgehead atoms. The number of hydrogen-bond acceptors (Lipinski definition) is 6. The Morgan fingerprint density at radius 2 is 1.78 bits per heavy atom. The number of carbonyl (C=O) groups is 2. The molecule has 41 heavy (non-hydrogen) atoms. The first kappa shape index (κ1) is 31.4. The standard InChI is InChI=1S/C28H31F5N4O4/c1-4-6-21(26(39)35-16-38)25-22(29)12-19(13-23(25)30)37-14-18(15-37)36-27(34-3)40-24(7-5-2)17-8-10-20(11-9-17)41-28(31,32)33/h7-13,16,18,21H,4-6,14-15H2,1-3H3,(H,34,36)(H,35,38,39)/b24-7+. The molecule has 1 heterocycles. The number of amidine groups is 1. The van der Waals surface area contributed by atoms with Crippen LogP contribution in [-0.4, -0.2) is 50.9 Å². The molecule has 2 amide bonds. The van der Waals surface area contributed by atoms with Gasteiger partial charge in [0.05, 0.1) is 12.0 Å². The normalized spacial score (nSPS) is 15.2. The monoisotopic (exact) mass is 582 g/mol. The largest absolute Gasteiger partial charge is 0.573 e. The van der Waals surface area contributed by atoms with E-state index in [4.69, 9.17) is 4.74 Å². The number of carbonyl (C=O) groups excluding carboxylic acids is 2. The van der Waals surface area contributed by atoms with Crippen LogP contribution in [0.4, 0.5) is 27.6 Å². The van der Waals surface area contributed by atoms with E-state index in [0.29, 0.717) is 37.3 Å². The second-order valence-corrected chi connectivity index (χ2v) is 9.22. The lowest BCUT2D eigenvalue weighted by Crippen LogP contribution is -2.59. The second kappa shape index (κ2) is 14.0. The van der Waals surface area contributed by atoms with Crippen LogP contribution in [0.2, 0.25) is 0 Å². The molecular formula is C28H31F5N4O4. The van der Waals surface area contributed by atoms with Gasteiger partial charge in [0.1, 0.15) is 23.1 Å². The summed E-state index contributed by atoms with van der Waals surface area (Å²) in [6.07, 6.45) is -1.65. The Morgan fingerprint density at radius 3 is 2.29 bits per heavy atom. The van der Waals surface area contributed by atoms with Gasteiger partial charge in [-0.2, -0.15) is 0 Å². The number of rotatable bonds is 11. The lowest BCUT2D eigenvalue weighted by Gasteiger charge is -2.41. The highest BCUT2D eigenvalue weighted by molar-refractivity contribution is 5.91. The number of anilines is 1. The van der Waals surface area contributed by atoms with Crippen LogP contribution in [0.15, 0.2) is 47.5 Å². The van der Waals surface area contributed by atoms with Crippen molar-refractivity contribution in [3.63, 3.8) is 0 Å². The first-order chi connectivity index (χ1) is 19.5. The van der Waals surface area contributed by atoms with Crippen molar-refractivity contribution < 1.29 is 41.0 Å². The molecular weight excluding hydrogens is 551 g/mol. The van der Waals surface area contributed by atoms with Gasteiger partial charge in [0, 0.05) is 37.0 Å². The van der Waals surface area contributed by atoms with Crippen molar-refractivity contribution in [3.8, 4) is 5.75 Å². The molecule has 222 valence electrons. The van der Waals surface area contributed by atoms with Gasteiger partial charge in [-0.1, -0.05) is 20.3 Å². The smallest absolute Gasteiger partial charge is 0.426 e. The Balaban J connectivity index is 1.64. The summed E-state index contributed by atoms with van der Waals surface area (Å²) in [6.45, 7) is 4.36. The summed E-state index contributed by atoms with van der Waals surface area (Å²) in [5, 5.41) is 5.08. The van der Waals surface area contributed by atoms with E-state index in [2.05, 4.69) is 15.0 Å². The van der Waals surface area contributed by atoms with E-state index in [9.17, 15) is 31.5 Å². The summed E-state index contributed by atoms with van der Waals surface area (Å²) < 4.78 is 77.2. The van der Waals surface area contributed by atoms with E-state index in [1.807, 2.05) is 12.2 Å². The number of nitrogens with zero attached hydrogens (tertiary/aromatic N) is 2. The van der Waals surface area contributed by atoms with Crippen LogP contribution in [0.1, 0.15) is 50.2 Å². The van der Waals surface area contributed by atoms with Gasteiger partial charge in [-0.05, 0) is 55.3 Å². The number of hydrogen-bond donors (Lipinski definition) is 2. The number of imide groups is 1. The predicted molar refractivity (Wildman–Crippen MR) is 143 cm³/mol. The summed E-state index contributed by atoms with van der Waals surface area (Å²) in [7, 11) is 1.50. The van der Waals surface area contributed by atoms with Crippen molar-refractivity contribution in [1.29, 1.82) is 0 Å². The average Bonchev–Trinajstić information content (AvgIpc) is 2.88. The quantitative estimate of drug-likeness (QED) is 0.124. The molecule has 0 radical (unpaired) electrons. The molecule has 1 saturated heterocycles. The Hall–Kier alpha value is -4.16. The van der Waals surface area contributed by atoms with Gasteiger partial charge in [-0.3, -0.25) is 14.9 Å². The van der Waals surface area contributed by atoms with Crippen molar-refractivity contribution in [2.24, 2.45) is 4.99 Å². The molecule has 1 fully saturated rings. The number of amides is 2. The molecule has 0 saturated carbocycles. The molecule has 1 atom stereocenters. The van der Waals surface area contributed by atoms with Crippen LogP contribution in [0.25, 0.3) is 5.76 Å². The van der Waals surface area contributed by atoms with Gasteiger partial charge >= 0.3 is 6.36 Å². The zero-order valence-electron chi connectivity index (χ0n) is 22.7. The maximum atomic E-state index is 15.0. The number of benzene rings is 2. The van der Waals surface area contributed by atoms with Crippen LogP contribution >= 0.6 is 0 Å². The third-order valence-electron chi connectivity index (χ3n) is 6.25. The van der Waals surface area contributed by atoms with E-state index in [0.717, 1.165) is 12.1 Å². The van der Waals surface area contributed by atoms with Gasteiger partial charge in [0.25, 0.3) is 6.02 Å². The van der Waals surface area contributed by atoms with E-state index >= 15 is 0 Å². The number of ether oxygens (including phenoxy) is 2. The molecule has 3 rings (SSSR count). The molecule has 2 N–H and O–H groups in total. The topological polar surface area (TPSA) is 92.3 Å². The Labute approximate surface area is 234 Å². The van der Waals surface area contributed by atoms with Crippen LogP contribution in [0.5, 0.6) is 5.75 Å². The molecule has 1 aliphatic heterocycles. The fraction of sp³-hybridized carbons (Fsp3) is 0.393. The van der Waals surface area contributed by atoms with E-state index in [-0.39, 0.29) is 41.9 Å². The molecule has 13 heteroatoms. The zero-order chi connectivity index (χ0) is 30.2. The maximum absolute atomic E-state index is 15.0. The summed E-state index contributed by atoms with van der Waals surface area (Å²) >= 11 is 0. The lowest BCUT2D eigenvalue weighted by molar-refractivity contribution is -0.274. The Kier molecular flexibility index (Phi) is 10.7. The minimum Gasteiger partial charge on any atom is -0.426 e. The number of aliphatic imine (C=N–C) groups is 1. The molecule has 1 unspecified atom stereocenters. The summed E-state index contributed by atoms with van der Waals surface area (Å²) in [5.74, 6) is -3.65. The first-order valence-corrected chi connectivity index (χ1v) is 12.9. The molecule has 1 aliphatic rings. The Bertz CT molecular complexity index is 1250. The van der Waals surface area contributed by atoms with E-state index in [1.54, 1.807) is 17.9 Å². The number of allylic oxidation sites excluding steroid dienone is 1. The van der Waals surface area contributed by atoms with Crippen LogP contribution < -0.4 is 20.3 Å². The number of nitrogens with one attached hydrogen (secondary N) is 2. The number of alkyl halides is 3. The molecule has 2 aromatic carbocycles. The highest BCUT2D eigenvalue weighted by Gasteiger charge is 2.33. The fourth-order valence-corrected chi connectivity index (χ4v) is 4.36. The highest BCUT2D eigenvalue weighted by atomic mass is 19.4. The fourth-order valence-electron chi connectivity index (χ4n) is 4.36. The Morgan fingerprint density at radius 1 is 1.15 bits per heavy atom. The minimum atomic E-state index is -4.80. The van der Waals surface area contributed by atoms with Crippen molar-refractivity contribution in [1.82, 2.24) is 10.6 Å². The van der Waals surface area contributed by atoms with Gasteiger partial charge in [-0.25, -0.2) is 13.8 Å². The third-order valence-corrected chi connectivity index (χ3v) is 6.25. The first-order valence-electron chi connectivity index (χ1n) is 12.9. The van der Waals surface area contributed by atoms with Gasteiger partial charge in [0.15, 0.2) is 0 Å². The van der Waals surface area contributed by atoms with Gasteiger partial charge in [0.2, 0.25) is 12.3 Å². The second-order valence-electron chi connectivity index (χ2n) is 9.22. The van der Waals surface area contributed by atoms with Gasteiger partial charge < -0.3 is 19.7 Å². The summed E-state index contributed by atoms with van der Waals surface area (Å²) in [6, 6.07) is 7.51. The number of halogens is 5. The van der Waals surface area contributed by atoms with Crippen molar-refractivity contribution in [2.45, 2.75) is 51.4 Å². The molecule has 0 aromatic heterocycles.